The summed E-state index contributed by atoms with van der Waals surface area (Å²) in [7, 11) is 1.87. The zero-order valence-corrected chi connectivity index (χ0v) is 16.0. The Labute approximate surface area is 155 Å². The molecule has 1 N–H and O–H groups in total. The van der Waals surface area contributed by atoms with Crippen LogP contribution in [-0.4, -0.2) is 25.4 Å². The third-order valence-corrected chi connectivity index (χ3v) is 4.40. The lowest BCUT2D eigenvalue weighted by atomic mass is 9.94. The second-order valence-corrected chi connectivity index (χ2v) is 8.03. The van der Waals surface area contributed by atoms with Crippen molar-refractivity contribution in [3.63, 3.8) is 0 Å². The van der Waals surface area contributed by atoms with Gasteiger partial charge in [-0.25, -0.2) is 15.0 Å². The minimum absolute atomic E-state index is 0.0748. The number of oxazole rings is 1. The first kappa shape index (κ1) is 18.1. The Morgan fingerprint density at radius 2 is 2.08 bits per heavy atom. The van der Waals surface area contributed by atoms with Crippen LogP contribution in [0.5, 0.6) is 0 Å². The topological polar surface area (TPSA) is 85.8 Å². The molecule has 1 amide bonds. The highest BCUT2D eigenvalue weighted by atomic mass is 32.1. The second kappa shape index (κ2) is 7.25. The molecule has 0 aliphatic rings. The van der Waals surface area contributed by atoms with Gasteiger partial charge >= 0.3 is 0 Å². The van der Waals surface area contributed by atoms with Crippen molar-refractivity contribution in [3.8, 4) is 0 Å². The van der Waals surface area contributed by atoms with E-state index in [-0.39, 0.29) is 17.7 Å². The fourth-order valence-electron chi connectivity index (χ4n) is 2.17. The molecule has 0 spiro atoms. The molecule has 0 aliphatic carbocycles. The smallest absolute Gasteiger partial charge is 0.232 e. The van der Waals surface area contributed by atoms with Crippen LogP contribution < -0.4 is 5.32 Å². The van der Waals surface area contributed by atoms with Crippen molar-refractivity contribution in [2.45, 2.75) is 32.6 Å². The summed E-state index contributed by atoms with van der Waals surface area (Å²) >= 11 is 1.38. The Bertz CT molecular complexity index is 929. The van der Waals surface area contributed by atoms with E-state index < -0.39 is 0 Å². The number of carbonyl (C=O) groups excluding carboxylic acids is 1. The third kappa shape index (κ3) is 4.66. The maximum absolute atomic E-state index is 12.0. The largest absolute Gasteiger partial charge is 0.441 e. The lowest BCUT2D eigenvalue weighted by Gasteiger charge is -2.12. The van der Waals surface area contributed by atoms with Crippen molar-refractivity contribution in [1.82, 2.24) is 19.5 Å². The molecule has 136 valence electrons. The van der Waals surface area contributed by atoms with E-state index in [2.05, 4.69) is 41.0 Å². The van der Waals surface area contributed by atoms with Crippen molar-refractivity contribution >= 4 is 34.5 Å². The molecule has 0 aliphatic heterocycles. The fraction of sp³-hybridized carbons (Fsp3) is 0.333. The van der Waals surface area contributed by atoms with Crippen LogP contribution in [0.3, 0.4) is 0 Å². The molecule has 0 aromatic carbocycles. The van der Waals surface area contributed by atoms with Crippen LogP contribution in [0.4, 0.5) is 5.13 Å². The predicted molar refractivity (Wildman–Crippen MR) is 102 cm³/mol. The highest BCUT2D eigenvalue weighted by Crippen LogP contribution is 2.24. The summed E-state index contributed by atoms with van der Waals surface area (Å²) in [6.07, 6.45) is 10.8. The quantitative estimate of drug-likeness (QED) is 0.742. The number of aryl methyl sites for hydroxylation is 1. The van der Waals surface area contributed by atoms with Crippen molar-refractivity contribution in [2.24, 2.45) is 7.05 Å². The van der Waals surface area contributed by atoms with E-state index in [9.17, 15) is 4.79 Å². The number of nitrogens with one attached hydrogen (secondary N) is 1. The highest BCUT2D eigenvalue weighted by molar-refractivity contribution is 7.16. The molecule has 3 aromatic heterocycles. The van der Waals surface area contributed by atoms with Gasteiger partial charge in [0.05, 0.1) is 24.6 Å². The monoisotopic (exact) mass is 371 g/mol. The zero-order valence-electron chi connectivity index (χ0n) is 15.2. The van der Waals surface area contributed by atoms with Crippen LogP contribution in [0, 0.1) is 0 Å². The maximum atomic E-state index is 12.0. The van der Waals surface area contributed by atoms with Gasteiger partial charge in [-0.15, -0.1) is 0 Å². The Balaban J connectivity index is 1.59. The first-order valence-electron chi connectivity index (χ1n) is 8.16. The maximum Gasteiger partial charge on any atom is 0.232 e. The molecule has 3 heterocycles. The van der Waals surface area contributed by atoms with Crippen molar-refractivity contribution < 1.29 is 9.21 Å². The molecule has 3 aromatic rings. The van der Waals surface area contributed by atoms with Gasteiger partial charge in [0.2, 0.25) is 11.8 Å². The first-order valence-corrected chi connectivity index (χ1v) is 8.98. The van der Waals surface area contributed by atoms with E-state index in [0.717, 1.165) is 16.3 Å². The van der Waals surface area contributed by atoms with E-state index in [0.29, 0.717) is 11.0 Å². The van der Waals surface area contributed by atoms with E-state index in [4.69, 9.17) is 4.42 Å². The summed E-state index contributed by atoms with van der Waals surface area (Å²) in [5, 5.41) is 3.34. The molecule has 0 saturated carbocycles. The van der Waals surface area contributed by atoms with Gasteiger partial charge in [-0.1, -0.05) is 32.1 Å². The molecule has 7 nitrogen and oxygen atoms in total. The number of nitrogens with zero attached hydrogens (tertiary/aromatic N) is 4. The van der Waals surface area contributed by atoms with E-state index >= 15 is 0 Å². The molecule has 0 fully saturated rings. The summed E-state index contributed by atoms with van der Waals surface area (Å²) in [5.74, 6) is 1.24. The minimum atomic E-state index is -0.143. The Morgan fingerprint density at radius 1 is 1.27 bits per heavy atom. The number of imidazole rings is 1. The van der Waals surface area contributed by atoms with Crippen LogP contribution in [-0.2, 0) is 23.7 Å². The molecule has 0 bridgehead atoms. The fourth-order valence-corrected chi connectivity index (χ4v) is 2.91. The van der Waals surface area contributed by atoms with Gasteiger partial charge in [0.1, 0.15) is 5.76 Å². The SMILES string of the molecule is Cn1cnc(CC(=O)Nc2ncc(/C=C/c3ncc(C(C)(C)C)o3)s2)c1. The van der Waals surface area contributed by atoms with Crippen LogP contribution in [0.15, 0.2) is 29.3 Å². The lowest BCUT2D eigenvalue weighted by molar-refractivity contribution is -0.115. The standard InChI is InChI=1S/C18H21N5O2S/c1-18(2,3)14-9-19-16(25-14)6-5-13-8-20-17(26-13)22-15(24)7-12-10-23(4)11-21-12/h5-6,8-11H,7H2,1-4H3,(H,20,22,24)/b6-5+. The Kier molecular flexibility index (Phi) is 5.03. The average molecular weight is 371 g/mol. The summed E-state index contributed by atoms with van der Waals surface area (Å²) in [4.78, 5) is 25.6. The van der Waals surface area contributed by atoms with Gasteiger partial charge in [0.25, 0.3) is 0 Å². The molecule has 8 heteroatoms. The van der Waals surface area contributed by atoms with Gasteiger partial charge in [-0.3, -0.25) is 4.79 Å². The number of hydrogen-bond donors (Lipinski definition) is 1. The van der Waals surface area contributed by atoms with E-state index in [1.807, 2.05) is 23.9 Å². The van der Waals surface area contributed by atoms with Gasteiger partial charge < -0.3 is 14.3 Å². The van der Waals surface area contributed by atoms with E-state index in [1.165, 1.54) is 11.3 Å². The van der Waals surface area contributed by atoms with Crippen LogP contribution >= 0.6 is 11.3 Å². The number of thiazole rings is 1. The number of anilines is 1. The normalized spacial score (nSPS) is 12.0. The average Bonchev–Trinajstić information content (AvgIpc) is 3.26. The number of rotatable bonds is 5. The summed E-state index contributed by atoms with van der Waals surface area (Å²) < 4.78 is 7.53. The van der Waals surface area contributed by atoms with Gasteiger partial charge in [0, 0.05) is 35.8 Å². The summed E-state index contributed by atoms with van der Waals surface area (Å²) in [5.41, 5.74) is 0.648. The molecule has 3 rings (SSSR count). The number of amides is 1. The number of aromatic nitrogens is 4. The second-order valence-electron chi connectivity index (χ2n) is 6.97. The van der Waals surface area contributed by atoms with Gasteiger partial charge in [-0.05, 0) is 6.08 Å². The van der Waals surface area contributed by atoms with E-state index in [1.54, 1.807) is 24.8 Å². The molecule has 0 saturated heterocycles. The molecule has 26 heavy (non-hydrogen) atoms. The van der Waals surface area contributed by atoms with Crippen LogP contribution in [0.25, 0.3) is 12.2 Å². The molecule has 0 atom stereocenters. The van der Waals surface area contributed by atoms with Crippen molar-refractivity contribution in [3.05, 3.63) is 47.1 Å². The minimum Gasteiger partial charge on any atom is -0.441 e. The zero-order chi connectivity index (χ0) is 18.7. The molecular weight excluding hydrogens is 350 g/mol. The third-order valence-electron chi connectivity index (χ3n) is 3.52. The van der Waals surface area contributed by atoms with Crippen molar-refractivity contribution in [1.29, 1.82) is 0 Å². The lowest BCUT2D eigenvalue weighted by Crippen LogP contribution is -2.14. The van der Waals surface area contributed by atoms with Crippen LogP contribution in [0.2, 0.25) is 0 Å². The van der Waals surface area contributed by atoms with Crippen LogP contribution in [0.1, 0.15) is 43.0 Å². The first-order chi connectivity index (χ1) is 12.3. The molecule has 0 radical (unpaired) electrons. The molecular formula is C18H21N5O2S. The number of hydrogen-bond acceptors (Lipinski definition) is 6. The molecule has 0 unspecified atom stereocenters. The Morgan fingerprint density at radius 3 is 2.73 bits per heavy atom. The summed E-state index contributed by atoms with van der Waals surface area (Å²) in [6, 6.07) is 0. The Hall–Kier alpha value is -2.74. The number of carbonyl (C=O) groups is 1. The van der Waals surface area contributed by atoms with Gasteiger partial charge in [-0.2, -0.15) is 0 Å². The summed E-state index contributed by atoms with van der Waals surface area (Å²) in [6.45, 7) is 6.22. The predicted octanol–water partition coefficient (Wildman–Crippen LogP) is 3.51. The van der Waals surface area contributed by atoms with Crippen molar-refractivity contribution in [2.75, 3.05) is 5.32 Å². The highest BCUT2D eigenvalue weighted by Gasteiger charge is 2.18. The van der Waals surface area contributed by atoms with Gasteiger partial charge in [0.15, 0.2) is 5.13 Å².